The van der Waals surface area contributed by atoms with Crippen molar-refractivity contribution in [1.82, 2.24) is 19.7 Å². The molecule has 0 bridgehead atoms. The molecule has 9 heteroatoms. The van der Waals surface area contributed by atoms with E-state index in [9.17, 15) is 10.1 Å². The zero-order chi connectivity index (χ0) is 35.3. The fraction of sp³-hybridized carbons (Fsp3) is 0.600. The van der Waals surface area contributed by atoms with Gasteiger partial charge in [0.2, 0.25) is 0 Å². The lowest BCUT2D eigenvalue weighted by atomic mass is 9.96. The van der Waals surface area contributed by atoms with Gasteiger partial charge in [0.1, 0.15) is 28.0 Å². The van der Waals surface area contributed by atoms with E-state index in [4.69, 9.17) is 20.1 Å². The summed E-state index contributed by atoms with van der Waals surface area (Å²) in [5.74, 6) is 1.94. The molecule has 0 N–H and O–H groups in total. The van der Waals surface area contributed by atoms with Crippen molar-refractivity contribution in [1.29, 1.82) is 5.26 Å². The standard InChI is InChI=1S/C40H57N7OS/c1-8-14-20-29(11-4)26-46(27-30(12-5)21-15-9-2)40-43-35(32-23-18-17-19-24-32)38(49-40)42-34-28(7)33(25-41)39(48)47-37(34)44-36(45-47)31(13-6)22-16-10-3/h17-19,23-24,29-31H,8-16,20-22,26-27H2,1-7H3. The van der Waals surface area contributed by atoms with Crippen LogP contribution in [0.3, 0.4) is 0 Å². The van der Waals surface area contributed by atoms with Crippen LogP contribution in [-0.2, 0) is 0 Å². The van der Waals surface area contributed by atoms with E-state index in [-0.39, 0.29) is 11.5 Å². The highest BCUT2D eigenvalue weighted by Gasteiger charge is 2.34. The molecular weight excluding hydrogens is 627 g/mol. The molecular formula is C40H57N7OS. The molecule has 1 aliphatic rings. The maximum absolute atomic E-state index is 13.5. The van der Waals surface area contributed by atoms with Gasteiger partial charge in [-0.15, -0.1) is 5.10 Å². The fourth-order valence-corrected chi connectivity index (χ4v) is 7.65. The number of hydrogen-bond acceptors (Lipinski definition) is 8. The van der Waals surface area contributed by atoms with Crippen LogP contribution in [0.1, 0.15) is 148 Å². The van der Waals surface area contributed by atoms with E-state index in [1.54, 1.807) is 18.3 Å². The van der Waals surface area contributed by atoms with E-state index < -0.39 is 5.91 Å². The number of carbonyl (C=O) groups is 1. The molecule has 1 aliphatic heterocycles. The van der Waals surface area contributed by atoms with Crippen LogP contribution in [0, 0.1) is 23.2 Å². The quantitative estimate of drug-likeness (QED) is 0.117. The number of hydrogen-bond donors (Lipinski definition) is 0. The molecule has 3 atom stereocenters. The number of benzene rings is 1. The zero-order valence-electron chi connectivity index (χ0n) is 31.0. The largest absolute Gasteiger partial charge is 0.347 e. The first kappa shape index (κ1) is 38.2. The van der Waals surface area contributed by atoms with Crippen molar-refractivity contribution in [3.8, 4) is 17.3 Å². The van der Waals surface area contributed by atoms with Crippen molar-refractivity contribution >= 4 is 33.1 Å². The monoisotopic (exact) mass is 683 g/mol. The number of aliphatic imine (C=N–C) groups is 1. The zero-order valence-corrected chi connectivity index (χ0v) is 31.8. The molecule has 0 aliphatic carbocycles. The van der Waals surface area contributed by atoms with E-state index in [1.807, 2.05) is 18.2 Å². The number of nitrogens with zero attached hydrogens (tertiary/aromatic N) is 7. The first-order valence-corrected chi connectivity index (χ1v) is 19.7. The molecule has 0 fully saturated rings. The van der Waals surface area contributed by atoms with Crippen LogP contribution >= 0.6 is 11.3 Å². The Morgan fingerprint density at radius 2 is 1.49 bits per heavy atom. The highest BCUT2D eigenvalue weighted by molar-refractivity contribution is 7.19. The average molecular weight is 684 g/mol. The lowest BCUT2D eigenvalue weighted by Gasteiger charge is -2.30. The molecule has 0 amide bonds. The molecule has 8 nitrogen and oxygen atoms in total. The van der Waals surface area contributed by atoms with Gasteiger partial charge < -0.3 is 4.90 Å². The highest BCUT2D eigenvalue weighted by Crippen LogP contribution is 2.42. The summed E-state index contributed by atoms with van der Waals surface area (Å²) in [6.07, 6.45) is 13.5. The van der Waals surface area contributed by atoms with Crippen molar-refractivity contribution < 1.29 is 4.79 Å². The Morgan fingerprint density at radius 1 is 0.878 bits per heavy atom. The number of fused-ring (bicyclic) bond motifs is 1. The summed E-state index contributed by atoms with van der Waals surface area (Å²) in [6, 6.07) is 12.4. The average Bonchev–Trinajstić information content (AvgIpc) is 3.76. The first-order chi connectivity index (χ1) is 23.8. The molecule has 264 valence electrons. The van der Waals surface area contributed by atoms with Crippen molar-refractivity contribution in [3.05, 3.63) is 53.1 Å². The summed E-state index contributed by atoms with van der Waals surface area (Å²) in [7, 11) is 0. The van der Waals surface area contributed by atoms with Gasteiger partial charge >= 0.3 is 0 Å². The van der Waals surface area contributed by atoms with Crippen LogP contribution in [0.25, 0.3) is 11.3 Å². The smallest absolute Gasteiger partial charge is 0.291 e. The van der Waals surface area contributed by atoms with Gasteiger partial charge in [-0.3, -0.25) is 4.79 Å². The number of aromatic nitrogens is 4. The van der Waals surface area contributed by atoms with Crippen LogP contribution in [0.4, 0.5) is 10.1 Å². The van der Waals surface area contributed by atoms with Crippen LogP contribution in [0.15, 0.2) is 46.5 Å². The summed E-state index contributed by atoms with van der Waals surface area (Å²) in [4.78, 5) is 31.6. The lowest BCUT2D eigenvalue weighted by molar-refractivity contribution is 0.0941. The van der Waals surface area contributed by atoms with Gasteiger partial charge in [0.05, 0.1) is 0 Å². The predicted octanol–water partition coefficient (Wildman–Crippen LogP) is 10.9. The van der Waals surface area contributed by atoms with Crippen LogP contribution in [-0.4, -0.2) is 44.5 Å². The minimum atomic E-state index is -0.437. The number of carbonyl (C=O) groups excluding carboxylic acids is 1. The Labute approximate surface area is 298 Å². The Hall–Kier alpha value is -3.64. The Balaban J connectivity index is 1.88. The van der Waals surface area contributed by atoms with Gasteiger partial charge in [-0.05, 0) is 44.4 Å². The number of unbranched alkanes of at least 4 members (excludes halogenated alkanes) is 3. The Morgan fingerprint density at radius 3 is 2.04 bits per heavy atom. The SMILES string of the molecule is CCCCC(CC)CN(CC(CC)CCCC)c1nc(-c2ccccc2)c(N=C2C(C)=C(C#N)C(=O)n3nc(C(CC)CCCC)nc32)s1. The van der Waals surface area contributed by atoms with Gasteiger partial charge in [0, 0.05) is 30.1 Å². The molecule has 1 aromatic carbocycles. The van der Waals surface area contributed by atoms with E-state index in [0.717, 1.165) is 73.0 Å². The van der Waals surface area contributed by atoms with Gasteiger partial charge in [0.25, 0.3) is 5.91 Å². The molecule has 3 aromatic rings. The molecule has 49 heavy (non-hydrogen) atoms. The fourth-order valence-electron chi connectivity index (χ4n) is 6.67. The summed E-state index contributed by atoms with van der Waals surface area (Å²) < 4.78 is 1.31. The van der Waals surface area contributed by atoms with Gasteiger partial charge in [-0.1, -0.05) is 135 Å². The number of thiazole rings is 1. The Bertz CT molecular complexity index is 1590. The molecule has 3 heterocycles. The molecule has 0 saturated carbocycles. The molecule has 0 saturated heterocycles. The number of nitriles is 1. The third kappa shape index (κ3) is 9.33. The predicted molar refractivity (Wildman–Crippen MR) is 204 cm³/mol. The number of allylic oxidation sites excluding steroid dienone is 2. The molecule has 0 radical (unpaired) electrons. The minimum Gasteiger partial charge on any atom is -0.347 e. The lowest BCUT2D eigenvalue weighted by Crippen LogP contribution is -2.34. The van der Waals surface area contributed by atoms with E-state index in [1.165, 1.54) is 43.2 Å². The maximum atomic E-state index is 13.5. The maximum Gasteiger partial charge on any atom is 0.291 e. The second-order valence-corrected chi connectivity index (χ2v) is 14.5. The highest BCUT2D eigenvalue weighted by atomic mass is 32.1. The Kier molecular flexibility index (Phi) is 14.8. The summed E-state index contributed by atoms with van der Waals surface area (Å²) in [5.41, 5.74) is 2.90. The van der Waals surface area contributed by atoms with Gasteiger partial charge in [-0.2, -0.15) is 9.94 Å². The van der Waals surface area contributed by atoms with E-state index >= 15 is 0 Å². The van der Waals surface area contributed by atoms with Gasteiger partial charge in [-0.25, -0.2) is 15.0 Å². The summed E-state index contributed by atoms with van der Waals surface area (Å²) in [6.45, 7) is 17.2. The van der Waals surface area contributed by atoms with E-state index in [0.29, 0.717) is 34.8 Å². The van der Waals surface area contributed by atoms with Crippen molar-refractivity contribution in [2.75, 3.05) is 18.0 Å². The second kappa shape index (κ2) is 18.9. The van der Waals surface area contributed by atoms with Crippen LogP contribution < -0.4 is 4.90 Å². The van der Waals surface area contributed by atoms with Crippen molar-refractivity contribution in [2.24, 2.45) is 16.8 Å². The number of anilines is 1. The first-order valence-electron chi connectivity index (χ1n) is 18.9. The van der Waals surface area contributed by atoms with Crippen LogP contribution in [0.5, 0.6) is 0 Å². The van der Waals surface area contributed by atoms with Crippen LogP contribution in [0.2, 0.25) is 0 Å². The third-order valence-electron chi connectivity index (χ3n) is 10.0. The molecule has 0 spiro atoms. The summed E-state index contributed by atoms with van der Waals surface area (Å²) >= 11 is 1.60. The van der Waals surface area contributed by atoms with Crippen molar-refractivity contribution in [2.45, 2.75) is 131 Å². The topological polar surface area (TPSA) is 100 Å². The van der Waals surface area contributed by atoms with Gasteiger partial charge in [0.15, 0.2) is 16.8 Å². The molecule has 2 aromatic heterocycles. The molecule has 3 unspecified atom stereocenters. The third-order valence-corrected chi connectivity index (χ3v) is 11.0. The van der Waals surface area contributed by atoms with Crippen molar-refractivity contribution in [3.63, 3.8) is 0 Å². The van der Waals surface area contributed by atoms with E-state index in [2.05, 4.69) is 64.6 Å². The second-order valence-electron chi connectivity index (χ2n) is 13.6. The number of rotatable bonds is 20. The minimum absolute atomic E-state index is 0.0559. The normalized spacial score (nSPS) is 15.7. The molecule has 4 rings (SSSR count). The summed E-state index contributed by atoms with van der Waals surface area (Å²) in [5, 5.41) is 16.5.